The molecule has 0 spiro atoms. The van der Waals surface area contributed by atoms with Gasteiger partial charge in [0.2, 0.25) is 11.8 Å². The Labute approximate surface area is 148 Å². The Morgan fingerprint density at radius 1 is 1.00 bits per heavy atom. The maximum atomic E-state index is 12.5. The predicted octanol–water partition coefficient (Wildman–Crippen LogP) is 2.46. The van der Waals surface area contributed by atoms with Gasteiger partial charge in [-0.25, -0.2) is 4.79 Å². The van der Waals surface area contributed by atoms with Crippen LogP contribution >= 0.6 is 0 Å². The molecule has 0 aromatic rings. The highest BCUT2D eigenvalue weighted by atomic mass is 16.5. The number of carboxylic acids is 1. The molecule has 7 nitrogen and oxygen atoms in total. The summed E-state index contributed by atoms with van der Waals surface area (Å²) in [6.07, 6.45) is 7.20. The van der Waals surface area contributed by atoms with Crippen molar-refractivity contribution in [3.8, 4) is 0 Å². The fourth-order valence-corrected chi connectivity index (χ4v) is 2.16. The van der Waals surface area contributed by atoms with E-state index in [0.717, 1.165) is 4.90 Å². The van der Waals surface area contributed by atoms with Gasteiger partial charge in [-0.1, -0.05) is 24.3 Å². The molecule has 1 N–H and O–H groups in total. The minimum Gasteiger partial charge on any atom is -0.481 e. The van der Waals surface area contributed by atoms with Crippen molar-refractivity contribution in [2.45, 2.75) is 58.9 Å². The SMILES string of the molecule is C/C=C/CCC(=O)N(C(=O)CC/C=C/C)C(CC(=O)O)C(=O)OCC. The normalized spacial score (nSPS) is 12.3. The average molecular weight is 353 g/mol. The Hall–Kier alpha value is -2.44. The van der Waals surface area contributed by atoms with E-state index >= 15 is 0 Å². The number of rotatable bonds is 11. The molecule has 0 saturated heterocycles. The second-order valence-corrected chi connectivity index (χ2v) is 5.24. The van der Waals surface area contributed by atoms with Crippen LogP contribution < -0.4 is 0 Å². The molecule has 0 fully saturated rings. The van der Waals surface area contributed by atoms with Crippen molar-refractivity contribution in [2.75, 3.05) is 6.61 Å². The second-order valence-electron chi connectivity index (χ2n) is 5.24. The molecule has 0 rings (SSSR count). The Balaban J connectivity index is 5.50. The molecule has 0 saturated carbocycles. The molecular weight excluding hydrogens is 326 g/mol. The van der Waals surface area contributed by atoms with Crippen molar-refractivity contribution in [1.82, 2.24) is 4.90 Å². The van der Waals surface area contributed by atoms with Crippen molar-refractivity contribution in [1.29, 1.82) is 0 Å². The van der Waals surface area contributed by atoms with Crippen LogP contribution in [0.1, 0.15) is 52.9 Å². The van der Waals surface area contributed by atoms with Crippen LogP contribution in [0, 0.1) is 0 Å². The topological polar surface area (TPSA) is 101 Å². The van der Waals surface area contributed by atoms with E-state index < -0.39 is 36.2 Å². The summed E-state index contributed by atoms with van der Waals surface area (Å²) in [6.45, 7) is 5.21. The zero-order valence-corrected chi connectivity index (χ0v) is 15.1. The van der Waals surface area contributed by atoms with Gasteiger partial charge < -0.3 is 9.84 Å². The third-order valence-corrected chi connectivity index (χ3v) is 3.30. The Morgan fingerprint density at radius 2 is 1.48 bits per heavy atom. The minimum absolute atomic E-state index is 0.00915. The molecule has 0 aliphatic carbocycles. The maximum absolute atomic E-state index is 12.5. The van der Waals surface area contributed by atoms with Crippen LogP contribution in [0.5, 0.6) is 0 Å². The molecule has 2 amide bonds. The first-order valence-electron chi connectivity index (χ1n) is 8.34. The van der Waals surface area contributed by atoms with Crippen LogP contribution in [-0.4, -0.2) is 46.4 Å². The second kappa shape index (κ2) is 12.9. The van der Waals surface area contributed by atoms with Gasteiger partial charge in [0.05, 0.1) is 13.0 Å². The molecule has 25 heavy (non-hydrogen) atoms. The molecule has 140 valence electrons. The lowest BCUT2D eigenvalue weighted by molar-refractivity contribution is -0.163. The van der Waals surface area contributed by atoms with E-state index in [1.54, 1.807) is 45.1 Å². The number of carbonyl (C=O) groups is 4. The smallest absolute Gasteiger partial charge is 0.329 e. The highest BCUT2D eigenvalue weighted by Gasteiger charge is 2.36. The summed E-state index contributed by atoms with van der Waals surface area (Å²) in [5, 5.41) is 9.06. The number of nitrogens with zero attached hydrogens (tertiary/aromatic N) is 1. The fraction of sp³-hybridized carbons (Fsp3) is 0.556. The van der Waals surface area contributed by atoms with Crippen LogP contribution in [-0.2, 0) is 23.9 Å². The number of hydrogen-bond acceptors (Lipinski definition) is 5. The number of esters is 1. The first-order chi connectivity index (χ1) is 11.9. The number of aliphatic carboxylic acids is 1. The van der Waals surface area contributed by atoms with E-state index in [1.807, 2.05) is 0 Å². The van der Waals surface area contributed by atoms with E-state index in [4.69, 9.17) is 9.84 Å². The molecule has 0 heterocycles. The first-order valence-corrected chi connectivity index (χ1v) is 8.34. The van der Waals surface area contributed by atoms with Crippen molar-refractivity contribution in [3.05, 3.63) is 24.3 Å². The Kier molecular flexibility index (Phi) is 11.7. The Morgan fingerprint density at radius 3 is 1.84 bits per heavy atom. The highest BCUT2D eigenvalue weighted by Crippen LogP contribution is 2.14. The predicted molar refractivity (Wildman–Crippen MR) is 92.6 cm³/mol. The maximum Gasteiger partial charge on any atom is 0.329 e. The van der Waals surface area contributed by atoms with Gasteiger partial charge in [0.1, 0.15) is 6.04 Å². The quantitative estimate of drug-likeness (QED) is 0.452. The zero-order valence-electron chi connectivity index (χ0n) is 15.1. The van der Waals surface area contributed by atoms with Crippen LogP contribution in [0.3, 0.4) is 0 Å². The highest BCUT2D eigenvalue weighted by molar-refractivity contribution is 6.00. The average Bonchev–Trinajstić information content (AvgIpc) is 2.54. The summed E-state index contributed by atoms with van der Waals surface area (Å²) in [7, 11) is 0. The summed E-state index contributed by atoms with van der Waals surface area (Å²) in [6, 6.07) is -1.45. The van der Waals surface area contributed by atoms with Gasteiger partial charge in [0, 0.05) is 12.8 Å². The summed E-state index contributed by atoms with van der Waals surface area (Å²) in [5.74, 6) is -3.33. The lowest BCUT2D eigenvalue weighted by Crippen LogP contribution is -2.50. The van der Waals surface area contributed by atoms with E-state index in [9.17, 15) is 19.2 Å². The van der Waals surface area contributed by atoms with Crippen molar-refractivity contribution >= 4 is 23.8 Å². The molecular formula is C18H27NO6. The number of carboxylic acid groups (broad SMARTS) is 1. The summed E-state index contributed by atoms with van der Waals surface area (Å²) in [4.78, 5) is 49.0. The van der Waals surface area contributed by atoms with Crippen LogP contribution in [0.15, 0.2) is 24.3 Å². The first kappa shape index (κ1) is 22.6. The van der Waals surface area contributed by atoms with Crippen LogP contribution in [0.25, 0.3) is 0 Å². The molecule has 0 radical (unpaired) electrons. The van der Waals surface area contributed by atoms with Crippen molar-refractivity contribution in [3.63, 3.8) is 0 Å². The van der Waals surface area contributed by atoms with Gasteiger partial charge in [0.25, 0.3) is 0 Å². The van der Waals surface area contributed by atoms with Gasteiger partial charge in [-0.05, 0) is 33.6 Å². The van der Waals surface area contributed by atoms with Gasteiger partial charge in [-0.3, -0.25) is 19.3 Å². The number of imide groups is 1. The number of ether oxygens (including phenoxy) is 1. The summed E-state index contributed by atoms with van der Waals surface area (Å²) in [5.41, 5.74) is 0. The third-order valence-electron chi connectivity index (χ3n) is 3.30. The molecule has 0 aliphatic rings. The molecule has 0 aliphatic heterocycles. The van der Waals surface area contributed by atoms with Gasteiger partial charge in [0.15, 0.2) is 0 Å². The molecule has 7 heteroatoms. The lowest BCUT2D eigenvalue weighted by atomic mass is 10.1. The van der Waals surface area contributed by atoms with Crippen LogP contribution in [0.4, 0.5) is 0 Å². The summed E-state index contributed by atoms with van der Waals surface area (Å²) < 4.78 is 4.86. The Bertz CT molecular complexity index is 496. The van der Waals surface area contributed by atoms with Crippen LogP contribution in [0.2, 0.25) is 0 Å². The number of hydrogen-bond donors (Lipinski definition) is 1. The molecule has 0 aromatic heterocycles. The number of allylic oxidation sites excluding steroid dienone is 4. The van der Waals surface area contributed by atoms with Gasteiger partial charge in [-0.15, -0.1) is 0 Å². The summed E-state index contributed by atoms with van der Waals surface area (Å²) >= 11 is 0. The minimum atomic E-state index is -1.45. The lowest BCUT2D eigenvalue weighted by Gasteiger charge is -2.27. The number of amides is 2. The van der Waals surface area contributed by atoms with Crippen molar-refractivity contribution < 1.29 is 29.0 Å². The van der Waals surface area contributed by atoms with Gasteiger partial charge in [-0.2, -0.15) is 0 Å². The van der Waals surface area contributed by atoms with E-state index in [-0.39, 0.29) is 19.4 Å². The third kappa shape index (κ3) is 8.83. The van der Waals surface area contributed by atoms with Crippen molar-refractivity contribution in [2.24, 2.45) is 0 Å². The molecule has 1 atom stereocenters. The molecule has 0 bridgehead atoms. The zero-order chi connectivity index (χ0) is 19.2. The standard InChI is InChI=1S/C18H27NO6/c1-4-7-9-11-15(20)19(16(21)12-10-8-5-2)14(13-17(22)23)18(24)25-6-3/h4-5,7-8,14H,6,9-13H2,1-3H3,(H,22,23)/b7-4+,8-5+. The molecule has 0 aromatic carbocycles. The van der Waals surface area contributed by atoms with E-state index in [0.29, 0.717) is 12.8 Å². The van der Waals surface area contributed by atoms with E-state index in [2.05, 4.69) is 0 Å². The monoisotopic (exact) mass is 353 g/mol. The fourth-order valence-electron chi connectivity index (χ4n) is 2.16. The van der Waals surface area contributed by atoms with E-state index in [1.165, 1.54) is 0 Å². The number of carbonyl (C=O) groups excluding carboxylic acids is 3. The van der Waals surface area contributed by atoms with Gasteiger partial charge >= 0.3 is 11.9 Å². The molecule has 1 unspecified atom stereocenters. The largest absolute Gasteiger partial charge is 0.481 e.